The number of alkyl halides is 1. The Hall–Kier alpha value is -3.67. The summed E-state index contributed by atoms with van der Waals surface area (Å²) in [4.78, 5) is 48.4. The van der Waals surface area contributed by atoms with Crippen LogP contribution < -0.4 is 16.0 Å². The van der Waals surface area contributed by atoms with Crippen LogP contribution in [0, 0.1) is 0 Å². The predicted molar refractivity (Wildman–Crippen MR) is 93.6 cm³/mol. The number of para-hydroxylation sites is 1. The molecular formula is C18H15FN2O9. The molecule has 1 aromatic heterocycles. The lowest BCUT2D eigenvalue weighted by atomic mass is 10.1. The van der Waals surface area contributed by atoms with Gasteiger partial charge in [-0.3, -0.25) is 14.3 Å². The number of carbonyl (C=O) groups is 2. The number of H-pyrrole nitrogens is 1. The van der Waals surface area contributed by atoms with Gasteiger partial charge in [0.1, 0.15) is 11.9 Å². The van der Waals surface area contributed by atoms with Gasteiger partial charge < -0.3 is 23.7 Å². The van der Waals surface area contributed by atoms with Crippen molar-refractivity contribution >= 4 is 12.3 Å². The van der Waals surface area contributed by atoms with Crippen molar-refractivity contribution < 1.29 is 37.7 Å². The van der Waals surface area contributed by atoms with Gasteiger partial charge in [-0.15, -0.1) is 0 Å². The van der Waals surface area contributed by atoms with E-state index in [2.05, 4.69) is 0 Å². The lowest BCUT2D eigenvalue weighted by molar-refractivity contribution is -0.199. The van der Waals surface area contributed by atoms with Crippen LogP contribution in [0.4, 0.5) is 14.0 Å². The molecule has 12 heteroatoms. The number of nitrogens with zero attached hydrogens (tertiary/aromatic N) is 1. The van der Waals surface area contributed by atoms with Crippen LogP contribution in [-0.2, 0) is 25.5 Å². The van der Waals surface area contributed by atoms with Crippen LogP contribution in [0.15, 0.2) is 52.2 Å². The molecule has 1 aromatic carbocycles. The molecule has 2 fully saturated rings. The summed E-state index contributed by atoms with van der Waals surface area (Å²) in [7, 11) is 0. The number of halogens is 1. The molecule has 1 N–H and O–H groups in total. The van der Waals surface area contributed by atoms with E-state index in [0.29, 0.717) is 0 Å². The summed E-state index contributed by atoms with van der Waals surface area (Å²) in [6, 6.07) is 9.06. The molecule has 0 bridgehead atoms. The summed E-state index contributed by atoms with van der Waals surface area (Å²) in [6.07, 6.45) is -5.01. The van der Waals surface area contributed by atoms with Crippen LogP contribution in [0.1, 0.15) is 0 Å². The molecule has 2 aliphatic rings. The number of aromatic nitrogens is 2. The second-order valence-corrected chi connectivity index (χ2v) is 6.53. The van der Waals surface area contributed by atoms with E-state index in [9.17, 15) is 19.2 Å². The lowest BCUT2D eigenvalue weighted by Crippen LogP contribution is -2.43. The average molecular weight is 422 g/mol. The molecule has 4 atom stereocenters. The molecule has 0 saturated carbocycles. The molecule has 0 unspecified atom stereocenters. The second kappa shape index (κ2) is 7.63. The quantitative estimate of drug-likeness (QED) is 0.546. The zero-order chi connectivity index (χ0) is 21.3. The smallest absolute Gasteiger partial charge is 0.428 e. The fraction of sp³-hybridized carbons (Fsp3) is 0.333. The van der Waals surface area contributed by atoms with Crippen molar-refractivity contribution in [2.24, 2.45) is 0 Å². The van der Waals surface area contributed by atoms with Gasteiger partial charge in [-0.1, -0.05) is 18.2 Å². The Kier molecular flexibility index (Phi) is 4.99. The molecule has 11 nitrogen and oxygen atoms in total. The number of benzene rings is 1. The van der Waals surface area contributed by atoms with Gasteiger partial charge in [0, 0.05) is 12.3 Å². The molecule has 2 aliphatic heterocycles. The number of nitrogens with one attached hydrogen (secondary N) is 1. The maximum atomic E-state index is 15.4. The lowest BCUT2D eigenvalue weighted by Gasteiger charge is -2.23. The maximum Gasteiger partial charge on any atom is 0.514 e. The van der Waals surface area contributed by atoms with Crippen LogP contribution >= 0.6 is 0 Å². The van der Waals surface area contributed by atoms with Crippen molar-refractivity contribution in [3.05, 3.63) is 63.4 Å². The average Bonchev–Trinajstić information content (AvgIpc) is 3.21. The molecule has 0 radical (unpaired) electrons. The van der Waals surface area contributed by atoms with Gasteiger partial charge in [0.05, 0.1) is 6.54 Å². The van der Waals surface area contributed by atoms with E-state index < -0.39 is 54.3 Å². The first-order valence-electron chi connectivity index (χ1n) is 8.77. The van der Waals surface area contributed by atoms with Crippen molar-refractivity contribution in [1.82, 2.24) is 9.55 Å². The van der Waals surface area contributed by atoms with E-state index >= 15 is 4.39 Å². The Morgan fingerprint density at radius 3 is 2.67 bits per heavy atom. The molecule has 2 aromatic rings. The third-order valence-corrected chi connectivity index (χ3v) is 4.50. The third kappa shape index (κ3) is 3.89. The highest BCUT2D eigenvalue weighted by Crippen LogP contribution is 2.41. The topological polar surface area (TPSA) is 135 Å². The first-order valence-corrected chi connectivity index (χ1v) is 8.77. The first kappa shape index (κ1) is 19.6. The summed E-state index contributed by atoms with van der Waals surface area (Å²) in [5.41, 5.74) is -1.37. The van der Waals surface area contributed by atoms with Gasteiger partial charge in [-0.05, 0) is 12.1 Å². The minimum atomic E-state index is -2.73. The number of aromatic amines is 1. The van der Waals surface area contributed by atoms with E-state index in [1.807, 2.05) is 4.98 Å². The Bertz CT molecular complexity index is 1070. The molecule has 4 rings (SSSR count). The molecule has 0 spiro atoms. The van der Waals surface area contributed by atoms with E-state index in [4.69, 9.17) is 23.7 Å². The molecule has 30 heavy (non-hydrogen) atoms. The Morgan fingerprint density at radius 2 is 1.93 bits per heavy atom. The predicted octanol–water partition coefficient (Wildman–Crippen LogP) is 0.721. The van der Waals surface area contributed by atoms with Gasteiger partial charge in [0.15, 0.2) is 12.7 Å². The number of carbonyl (C=O) groups excluding carboxylic acids is 2. The summed E-state index contributed by atoms with van der Waals surface area (Å²) in [5.74, 6) is -2.55. The van der Waals surface area contributed by atoms with E-state index in [0.717, 1.165) is 10.6 Å². The van der Waals surface area contributed by atoms with Crippen LogP contribution in [0.3, 0.4) is 0 Å². The van der Waals surface area contributed by atoms with Crippen LogP contribution in [0.25, 0.3) is 0 Å². The van der Waals surface area contributed by atoms with Crippen LogP contribution in [-0.4, -0.2) is 52.6 Å². The highest BCUT2D eigenvalue weighted by Gasteiger charge is 2.64. The Labute approximate surface area is 166 Å². The molecule has 158 valence electrons. The van der Waals surface area contributed by atoms with Crippen LogP contribution in [0.5, 0.6) is 5.75 Å². The molecular weight excluding hydrogens is 407 g/mol. The first-order chi connectivity index (χ1) is 14.3. The Balaban J connectivity index is 1.46. The van der Waals surface area contributed by atoms with Crippen molar-refractivity contribution in [2.45, 2.75) is 30.7 Å². The number of ether oxygens (including phenoxy) is 5. The third-order valence-electron chi connectivity index (χ3n) is 4.50. The zero-order valence-corrected chi connectivity index (χ0v) is 15.2. The van der Waals surface area contributed by atoms with Gasteiger partial charge in [-0.2, -0.15) is 0 Å². The van der Waals surface area contributed by atoms with Gasteiger partial charge in [-0.25, -0.2) is 18.8 Å². The SMILES string of the molecule is O=C(OC[C@@]1(F)O[C@@H](Cn2ccc(=O)[nH]c2=O)[C@@H]2OC(=O)O[C@@H]21)Oc1ccccc1. The summed E-state index contributed by atoms with van der Waals surface area (Å²) in [5, 5.41) is 0. The molecule has 2 saturated heterocycles. The minimum Gasteiger partial charge on any atom is -0.428 e. The van der Waals surface area contributed by atoms with E-state index in [1.54, 1.807) is 18.2 Å². The summed E-state index contributed by atoms with van der Waals surface area (Å²) < 4.78 is 41.2. The molecule has 0 amide bonds. The minimum absolute atomic E-state index is 0.187. The van der Waals surface area contributed by atoms with Crippen LogP contribution in [0.2, 0.25) is 0 Å². The summed E-state index contributed by atoms with van der Waals surface area (Å²) in [6.45, 7) is -1.21. The van der Waals surface area contributed by atoms with Gasteiger partial charge >= 0.3 is 18.0 Å². The van der Waals surface area contributed by atoms with Gasteiger partial charge in [0.2, 0.25) is 6.10 Å². The zero-order valence-electron chi connectivity index (χ0n) is 15.2. The summed E-state index contributed by atoms with van der Waals surface area (Å²) >= 11 is 0. The maximum absolute atomic E-state index is 15.4. The van der Waals surface area contributed by atoms with E-state index in [-0.39, 0.29) is 12.3 Å². The fourth-order valence-corrected chi connectivity index (χ4v) is 3.17. The largest absolute Gasteiger partial charge is 0.514 e. The Morgan fingerprint density at radius 1 is 1.17 bits per heavy atom. The number of hydrogen-bond acceptors (Lipinski definition) is 9. The van der Waals surface area contributed by atoms with Crippen molar-refractivity contribution in [1.29, 1.82) is 0 Å². The van der Waals surface area contributed by atoms with Crippen molar-refractivity contribution in [3.63, 3.8) is 0 Å². The second-order valence-electron chi connectivity index (χ2n) is 6.53. The number of fused-ring (bicyclic) bond motifs is 1. The highest BCUT2D eigenvalue weighted by atomic mass is 19.2. The van der Waals surface area contributed by atoms with E-state index in [1.165, 1.54) is 18.3 Å². The monoisotopic (exact) mass is 422 g/mol. The normalized spacial score (nSPS) is 27.1. The molecule has 3 heterocycles. The fourth-order valence-electron chi connectivity index (χ4n) is 3.17. The standard InChI is InChI=1S/C18H15FN2O9/c19-18(9-26-16(24)27-10-4-2-1-3-5-10)14-13(28-17(25)29-14)11(30-18)8-21-7-6-12(22)20-15(21)23/h1-7,11,13-14H,8-9H2,(H,20,22,23)/t11-,13-,14-,18+/m0/s1. The number of hydrogen-bond donors (Lipinski definition) is 1. The number of rotatable bonds is 5. The van der Waals surface area contributed by atoms with Crippen molar-refractivity contribution in [2.75, 3.05) is 6.61 Å². The van der Waals surface area contributed by atoms with Crippen molar-refractivity contribution in [3.8, 4) is 5.75 Å². The highest BCUT2D eigenvalue weighted by molar-refractivity contribution is 5.64. The van der Waals surface area contributed by atoms with Gasteiger partial charge in [0.25, 0.3) is 11.4 Å². The molecule has 0 aliphatic carbocycles.